The lowest BCUT2D eigenvalue weighted by molar-refractivity contribution is -0.137. The maximum absolute atomic E-state index is 12.8. The highest BCUT2D eigenvalue weighted by molar-refractivity contribution is 5.80. The summed E-state index contributed by atoms with van der Waals surface area (Å²) >= 11 is 0. The molecule has 160 valence electrons. The third kappa shape index (κ3) is 6.26. The summed E-state index contributed by atoms with van der Waals surface area (Å²) in [6.45, 7) is 7.03. The van der Waals surface area contributed by atoms with E-state index in [0.29, 0.717) is 5.56 Å². The minimum atomic E-state index is -4.37. The topological polar surface area (TPSA) is 56.9 Å². The first-order valence-corrected chi connectivity index (χ1v) is 9.76. The largest absolute Gasteiger partial charge is 0.416 e. The second-order valence-electron chi connectivity index (χ2n) is 6.80. The molecule has 0 radical (unpaired) electrons. The molecule has 30 heavy (non-hydrogen) atoms. The van der Waals surface area contributed by atoms with E-state index in [1.807, 2.05) is 13.0 Å². The van der Waals surface area contributed by atoms with Gasteiger partial charge in [0.2, 0.25) is 0 Å². The van der Waals surface area contributed by atoms with Crippen molar-refractivity contribution < 1.29 is 17.7 Å². The molecule has 0 unspecified atom stereocenters. The van der Waals surface area contributed by atoms with Crippen molar-refractivity contribution in [2.24, 2.45) is 4.99 Å². The molecule has 1 aliphatic heterocycles. The molecule has 0 spiro atoms. The van der Waals surface area contributed by atoms with Gasteiger partial charge in [-0.2, -0.15) is 13.2 Å². The first kappa shape index (κ1) is 21.7. The van der Waals surface area contributed by atoms with Crippen LogP contribution in [0, 0.1) is 11.8 Å². The monoisotopic (exact) mass is 419 g/mol. The Morgan fingerprint density at radius 3 is 2.70 bits per heavy atom. The van der Waals surface area contributed by atoms with Gasteiger partial charge in [-0.05, 0) is 25.1 Å². The highest BCUT2D eigenvalue weighted by atomic mass is 19.4. The summed E-state index contributed by atoms with van der Waals surface area (Å²) in [5.41, 5.74) is 0.537. The van der Waals surface area contributed by atoms with Crippen LogP contribution in [-0.2, 0) is 12.7 Å². The van der Waals surface area contributed by atoms with Gasteiger partial charge in [-0.1, -0.05) is 23.1 Å². The molecule has 1 fully saturated rings. The normalized spacial score (nSPS) is 15.6. The SMILES string of the molecule is CCNC(=NCC#Cc1cccc(C(F)(F)F)c1)N1CCN(Cc2ccon2)CC1. The maximum Gasteiger partial charge on any atom is 0.416 e. The highest BCUT2D eigenvalue weighted by Crippen LogP contribution is 2.29. The highest BCUT2D eigenvalue weighted by Gasteiger charge is 2.30. The van der Waals surface area contributed by atoms with Gasteiger partial charge in [0.1, 0.15) is 12.8 Å². The molecule has 6 nitrogen and oxygen atoms in total. The van der Waals surface area contributed by atoms with Crippen molar-refractivity contribution in [2.75, 3.05) is 39.3 Å². The molecule has 2 heterocycles. The molecule has 1 aromatic carbocycles. The number of nitrogens with one attached hydrogen (secondary N) is 1. The number of aromatic nitrogens is 1. The van der Waals surface area contributed by atoms with Crippen LogP contribution in [0.5, 0.6) is 0 Å². The number of hydrogen-bond donors (Lipinski definition) is 1. The predicted octanol–water partition coefficient (Wildman–Crippen LogP) is 2.83. The van der Waals surface area contributed by atoms with Crippen LogP contribution in [0.25, 0.3) is 0 Å². The van der Waals surface area contributed by atoms with Crippen LogP contribution in [0.15, 0.2) is 46.1 Å². The standard InChI is InChI=1S/C21H24F3N5O/c1-2-25-20(29-12-10-28(11-13-29)16-19-8-14-30-27-19)26-9-4-6-17-5-3-7-18(15-17)21(22,23)24/h3,5,7-8,14-15H,2,9-13,16H2,1H3,(H,25,26). The molecule has 0 saturated carbocycles. The molecule has 0 amide bonds. The zero-order valence-electron chi connectivity index (χ0n) is 16.7. The minimum absolute atomic E-state index is 0.206. The van der Waals surface area contributed by atoms with Crippen LogP contribution in [0.2, 0.25) is 0 Å². The van der Waals surface area contributed by atoms with Gasteiger partial charge in [0.05, 0.1) is 11.3 Å². The van der Waals surface area contributed by atoms with E-state index in [1.54, 1.807) is 12.3 Å². The molecule has 9 heteroatoms. The van der Waals surface area contributed by atoms with Gasteiger partial charge in [-0.3, -0.25) is 4.90 Å². The molecule has 1 N–H and O–H groups in total. The van der Waals surface area contributed by atoms with E-state index in [0.717, 1.165) is 63.1 Å². The Morgan fingerprint density at radius 1 is 1.23 bits per heavy atom. The van der Waals surface area contributed by atoms with Crippen LogP contribution < -0.4 is 5.32 Å². The van der Waals surface area contributed by atoms with E-state index >= 15 is 0 Å². The van der Waals surface area contributed by atoms with E-state index in [-0.39, 0.29) is 6.54 Å². The molecular weight excluding hydrogens is 395 g/mol. The van der Waals surface area contributed by atoms with Gasteiger partial charge in [0.25, 0.3) is 0 Å². The summed E-state index contributed by atoms with van der Waals surface area (Å²) in [4.78, 5) is 8.97. The predicted molar refractivity (Wildman–Crippen MR) is 108 cm³/mol. The third-order valence-corrected chi connectivity index (χ3v) is 4.61. The Morgan fingerprint density at radius 2 is 2.03 bits per heavy atom. The van der Waals surface area contributed by atoms with Crippen molar-refractivity contribution >= 4 is 5.96 Å². The lowest BCUT2D eigenvalue weighted by Crippen LogP contribution is -2.52. The maximum atomic E-state index is 12.8. The van der Waals surface area contributed by atoms with Gasteiger partial charge in [-0.25, -0.2) is 4.99 Å². The van der Waals surface area contributed by atoms with Crippen LogP contribution in [-0.4, -0.2) is 60.2 Å². The van der Waals surface area contributed by atoms with Crippen LogP contribution in [0.4, 0.5) is 13.2 Å². The number of rotatable bonds is 4. The fourth-order valence-electron chi connectivity index (χ4n) is 3.12. The summed E-state index contributed by atoms with van der Waals surface area (Å²) in [7, 11) is 0. The van der Waals surface area contributed by atoms with Crippen molar-refractivity contribution in [3.63, 3.8) is 0 Å². The Hall–Kier alpha value is -2.99. The Bertz CT molecular complexity index is 891. The average molecular weight is 419 g/mol. The smallest absolute Gasteiger partial charge is 0.364 e. The molecule has 1 aromatic heterocycles. The number of aliphatic imine (C=N–C) groups is 1. The van der Waals surface area contributed by atoms with Crippen LogP contribution in [0.3, 0.4) is 0 Å². The number of piperazine rings is 1. The van der Waals surface area contributed by atoms with E-state index < -0.39 is 11.7 Å². The molecule has 0 aliphatic carbocycles. The van der Waals surface area contributed by atoms with Crippen molar-refractivity contribution in [3.05, 3.63) is 53.4 Å². The number of guanidine groups is 1. The number of nitrogens with zero attached hydrogens (tertiary/aromatic N) is 4. The molecule has 3 rings (SSSR count). The van der Waals surface area contributed by atoms with Gasteiger partial charge in [0.15, 0.2) is 5.96 Å². The number of benzene rings is 1. The first-order chi connectivity index (χ1) is 14.5. The molecule has 1 aliphatic rings. The fraction of sp³-hybridized carbons (Fsp3) is 0.429. The van der Waals surface area contributed by atoms with Crippen molar-refractivity contribution in [3.8, 4) is 11.8 Å². The lowest BCUT2D eigenvalue weighted by Gasteiger charge is -2.36. The van der Waals surface area contributed by atoms with E-state index in [1.165, 1.54) is 6.07 Å². The first-order valence-electron chi connectivity index (χ1n) is 9.76. The van der Waals surface area contributed by atoms with Gasteiger partial charge >= 0.3 is 6.18 Å². The number of alkyl halides is 3. The summed E-state index contributed by atoms with van der Waals surface area (Å²) in [5.74, 6) is 6.37. The summed E-state index contributed by atoms with van der Waals surface area (Å²) in [6, 6.07) is 6.87. The van der Waals surface area contributed by atoms with Gasteiger partial charge < -0.3 is 14.7 Å². The van der Waals surface area contributed by atoms with Crippen molar-refractivity contribution in [1.29, 1.82) is 0 Å². The second kappa shape index (κ2) is 10.2. The molecule has 1 saturated heterocycles. The zero-order chi connectivity index (χ0) is 21.4. The van der Waals surface area contributed by atoms with E-state index in [2.05, 4.69) is 37.1 Å². The molecule has 0 bridgehead atoms. The van der Waals surface area contributed by atoms with E-state index in [4.69, 9.17) is 4.52 Å². The lowest BCUT2D eigenvalue weighted by atomic mass is 10.1. The summed E-state index contributed by atoms with van der Waals surface area (Å²) in [5, 5.41) is 7.20. The second-order valence-corrected chi connectivity index (χ2v) is 6.80. The number of halogens is 3. The van der Waals surface area contributed by atoms with Gasteiger partial charge in [-0.15, -0.1) is 0 Å². The Balaban J connectivity index is 1.56. The fourth-order valence-corrected chi connectivity index (χ4v) is 3.12. The van der Waals surface area contributed by atoms with Crippen molar-refractivity contribution in [1.82, 2.24) is 20.3 Å². The van der Waals surface area contributed by atoms with Crippen molar-refractivity contribution in [2.45, 2.75) is 19.6 Å². The molecular formula is C21H24F3N5O. The zero-order valence-corrected chi connectivity index (χ0v) is 16.7. The Labute approximate surface area is 173 Å². The molecule has 2 aromatic rings. The average Bonchev–Trinajstić information content (AvgIpc) is 3.24. The minimum Gasteiger partial charge on any atom is -0.364 e. The van der Waals surface area contributed by atoms with Crippen LogP contribution in [0.1, 0.15) is 23.7 Å². The van der Waals surface area contributed by atoms with Gasteiger partial charge in [0, 0.05) is 50.9 Å². The molecule has 0 atom stereocenters. The number of hydrogen-bond acceptors (Lipinski definition) is 4. The summed E-state index contributed by atoms with van der Waals surface area (Å²) in [6.07, 6.45) is -2.80. The Kier molecular flexibility index (Phi) is 7.36. The van der Waals surface area contributed by atoms with Crippen LogP contribution >= 0.6 is 0 Å². The summed E-state index contributed by atoms with van der Waals surface area (Å²) < 4.78 is 43.2. The quantitative estimate of drug-likeness (QED) is 0.469. The third-order valence-electron chi connectivity index (χ3n) is 4.61. The van der Waals surface area contributed by atoms with E-state index in [9.17, 15) is 13.2 Å².